The second kappa shape index (κ2) is 5.93. The van der Waals surface area contributed by atoms with E-state index >= 15 is 0 Å². The van der Waals surface area contributed by atoms with Crippen molar-refractivity contribution in [3.8, 4) is 0 Å². The number of benzene rings is 1. The molecule has 2 aliphatic rings. The first kappa shape index (κ1) is 15.7. The van der Waals surface area contributed by atoms with E-state index in [-0.39, 0.29) is 5.91 Å². The van der Waals surface area contributed by atoms with Gasteiger partial charge in [-0.3, -0.25) is 9.69 Å². The zero-order valence-electron chi connectivity index (χ0n) is 14.1. The van der Waals surface area contributed by atoms with E-state index in [0.717, 1.165) is 49.4 Å². The minimum atomic E-state index is -0.398. The number of carbonyl (C=O) groups excluding carboxylic acids is 1. The van der Waals surface area contributed by atoms with Crippen LogP contribution in [0.3, 0.4) is 0 Å². The molecule has 0 aliphatic carbocycles. The van der Waals surface area contributed by atoms with Crippen LogP contribution in [0.1, 0.15) is 48.7 Å². The number of likely N-dealkylation sites (tertiary alicyclic amines) is 1. The van der Waals surface area contributed by atoms with Crippen LogP contribution in [-0.2, 0) is 16.8 Å². The zero-order valence-corrected chi connectivity index (χ0v) is 14.9. The summed E-state index contributed by atoms with van der Waals surface area (Å²) in [6.07, 6.45) is 1.95. The first-order valence-electron chi connectivity index (χ1n) is 8.54. The van der Waals surface area contributed by atoms with Crippen molar-refractivity contribution in [2.24, 2.45) is 0 Å². The third-order valence-corrected chi connectivity index (χ3v) is 5.92. The predicted octanol–water partition coefficient (Wildman–Crippen LogP) is 3.15. The largest absolute Gasteiger partial charge is 0.325 e. The highest BCUT2D eigenvalue weighted by molar-refractivity contribution is 7.05. The van der Waals surface area contributed by atoms with E-state index in [1.807, 2.05) is 18.2 Å². The Kier molecular flexibility index (Phi) is 3.89. The number of hydrogen-bond acceptors (Lipinski definition) is 5. The van der Waals surface area contributed by atoms with Crippen LogP contribution in [0, 0.1) is 0 Å². The molecule has 1 atom stereocenters. The molecule has 0 bridgehead atoms. The summed E-state index contributed by atoms with van der Waals surface area (Å²) in [7, 11) is 0. The number of rotatable bonds is 3. The van der Waals surface area contributed by atoms with Gasteiger partial charge in [0.15, 0.2) is 0 Å². The minimum Gasteiger partial charge on any atom is -0.325 e. The Morgan fingerprint density at radius 2 is 2.21 bits per heavy atom. The first-order valence-corrected chi connectivity index (χ1v) is 9.32. The van der Waals surface area contributed by atoms with E-state index in [9.17, 15) is 4.79 Å². The number of nitrogens with zero attached hydrogens (tertiary/aromatic N) is 3. The maximum atomic E-state index is 12.8. The fourth-order valence-electron chi connectivity index (χ4n) is 4.02. The van der Waals surface area contributed by atoms with Crippen molar-refractivity contribution in [1.82, 2.24) is 14.5 Å². The molecule has 1 aromatic carbocycles. The molecule has 1 N–H and O–H groups in total. The molecule has 6 heteroatoms. The molecule has 1 aromatic heterocycles. The number of hydrogen-bond donors (Lipinski definition) is 1. The second-order valence-electron chi connectivity index (χ2n) is 7.13. The van der Waals surface area contributed by atoms with Crippen LogP contribution in [-0.4, -0.2) is 33.5 Å². The highest BCUT2D eigenvalue weighted by Crippen LogP contribution is 2.44. The van der Waals surface area contributed by atoms with E-state index in [0.29, 0.717) is 5.92 Å². The highest BCUT2D eigenvalue weighted by atomic mass is 32.1. The van der Waals surface area contributed by atoms with Crippen molar-refractivity contribution in [1.29, 1.82) is 0 Å². The summed E-state index contributed by atoms with van der Waals surface area (Å²) in [4.78, 5) is 16.4. The number of nitrogens with one attached hydrogen (secondary N) is 1. The summed E-state index contributed by atoms with van der Waals surface area (Å²) in [5.74, 6) is 0.535. The number of para-hydroxylation sites is 1. The lowest BCUT2D eigenvalue weighted by Gasteiger charge is -2.39. The van der Waals surface area contributed by atoms with Gasteiger partial charge in [-0.15, -0.1) is 5.10 Å². The number of fused-ring (bicyclic) bond motifs is 2. The summed E-state index contributed by atoms with van der Waals surface area (Å²) in [5.41, 5.74) is 2.83. The number of anilines is 1. The van der Waals surface area contributed by atoms with Gasteiger partial charge >= 0.3 is 0 Å². The van der Waals surface area contributed by atoms with Gasteiger partial charge in [0.05, 0.1) is 16.0 Å². The van der Waals surface area contributed by atoms with Gasteiger partial charge in [-0.2, -0.15) is 0 Å². The lowest BCUT2D eigenvalue weighted by molar-refractivity contribution is -0.122. The smallest absolute Gasteiger partial charge is 0.236 e. The fourth-order valence-corrected chi connectivity index (χ4v) is 4.86. The van der Waals surface area contributed by atoms with Crippen LogP contribution in [0.5, 0.6) is 0 Å². The maximum absolute atomic E-state index is 12.8. The number of amides is 1. The van der Waals surface area contributed by atoms with Crippen molar-refractivity contribution in [3.63, 3.8) is 0 Å². The first-order chi connectivity index (χ1) is 11.6. The van der Waals surface area contributed by atoms with Crippen molar-refractivity contribution in [3.05, 3.63) is 40.4 Å². The maximum Gasteiger partial charge on any atom is 0.236 e. The molecule has 0 saturated carbocycles. The molecule has 2 aromatic rings. The molecule has 1 unspecified atom stereocenters. The third-order valence-electron chi connectivity index (χ3n) is 5.20. The van der Waals surface area contributed by atoms with Crippen molar-refractivity contribution in [2.45, 2.75) is 44.6 Å². The van der Waals surface area contributed by atoms with Crippen molar-refractivity contribution >= 4 is 23.1 Å². The van der Waals surface area contributed by atoms with Gasteiger partial charge in [-0.25, -0.2) is 0 Å². The molecule has 2 aliphatic heterocycles. The lowest BCUT2D eigenvalue weighted by atomic mass is 9.75. The Labute approximate surface area is 146 Å². The molecule has 3 heterocycles. The molecule has 1 spiro atoms. The molecule has 1 amide bonds. The zero-order chi connectivity index (χ0) is 16.7. The number of piperidine rings is 1. The van der Waals surface area contributed by atoms with Gasteiger partial charge < -0.3 is 5.32 Å². The Hall–Kier alpha value is -1.79. The van der Waals surface area contributed by atoms with Gasteiger partial charge in [-0.1, -0.05) is 36.5 Å². The standard InChI is InChI=1S/C18H22N4OS/c1-12(2)16-15(24-21-20-16)10-22-9-5-8-18(11-22)13-6-3-4-7-14(13)19-17(18)23/h3-4,6-7,12H,5,8-11H2,1-2H3,(H,19,23). The topological polar surface area (TPSA) is 58.1 Å². The van der Waals surface area contributed by atoms with Crippen LogP contribution in [0.4, 0.5) is 5.69 Å². The minimum absolute atomic E-state index is 0.153. The Morgan fingerprint density at radius 3 is 3.04 bits per heavy atom. The molecule has 126 valence electrons. The Bertz CT molecular complexity index is 772. The van der Waals surface area contributed by atoms with Gasteiger partial charge in [0, 0.05) is 18.8 Å². The van der Waals surface area contributed by atoms with Gasteiger partial charge in [-0.05, 0) is 48.5 Å². The van der Waals surface area contributed by atoms with E-state index in [1.54, 1.807) is 0 Å². The lowest BCUT2D eigenvalue weighted by Crippen LogP contribution is -2.49. The number of aromatic nitrogens is 2. The van der Waals surface area contributed by atoms with Crippen LogP contribution >= 0.6 is 11.5 Å². The molecule has 0 radical (unpaired) electrons. The second-order valence-corrected chi connectivity index (χ2v) is 7.97. The monoisotopic (exact) mass is 342 g/mol. The average Bonchev–Trinajstić information content (AvgIpc) is 3.12. The van der Waals surface area contributed by atoms with Crippen LogP contribution < -0.4 is 5.32 Å². The third kappa shape index (κ3) is 2.45. The molecular weight excluding hydrogens is 320 g/mol. The van der Waals surface area contributed by atoms with E-state index < -0.39 is 5.41 Å². The Morgan fingerprint density at radius 1 is 1.38 bits per heavy atom. The summed E-state index contributed by atoms with van der Waals surface area (Å²) >= 11 is 1.49. The summed E-state index contributed by atoms with van der Waals surface area (Å²) in [6, 6.07) is 8.12. The quantitative estimate of drug-likeness (QED) is 0.931. The Balaban J connectivity index is 1.60. The SMILES string of the molecule is CC(C)c1nnsc1CN1CCCC2(C1)C(=O)Nc1ccccc12. The van der Waals surface area contributed by atoms with Crippen molar-refractivity contribution in [2.75, 3.05) is 18.4 Å². The molecule has 1 fully saturated rings. The van der Waals surface area contributed by atoms with E-state index in [1.165, 1.54) is 16.4 Å². The normalized spacial score (nSPS) is 23.7. The molecule has 4 rings (SSSR count). The molecule has 1 saturated heterocycles. The summed E-state index contributed by atoms with van der Waals surface area (Å²) < 4.78 is 4.13. The molecule has 24 heavy (non-hydrogen) atoms. The molecule has 5 nitrogen and oxygen atoms in total. The average molecular weight is 342 g/mol. The summed E-state index contributed by atoms with van der Waals surface area (Å²) in [5, 5.41) is 7.36. The van der Waals surface area contributed by atoms with Gasteiger partial charge in [0.1, 0.15) is 0 Å². The van der Waals surface area contributed by atoms with Crippen LogP contribution in [0.15, 0.2) is 24.3 Å². The van der Waals surface area contributed by atoms with Crippen molar-refractivity contribution < 1.29 is 4.79 Å². The predicted molar refractivity (Wildman–Crippen MR) is 95.3 cm³/mol. The molecular formula is C18H22N4OS. The van der Waals surface area contributed by atoms with Gasteiger partial charge in [0.2, 0.25) is 5.91 Å². The van der Waals surface area contributed by atoms with Crippen LogP contribution in [0.25, 0.3) is 0 Å². The summed E-state index contributed by atoms with van der Waals surface area (Å²) in [6.45, 7) is 6.93. The fraction of sp³-hybridized carbons (Fsp3) is 0.500. The number of carbonyl (C=O) groups is 1. The highest BCUT2D eigenvalue weighted by Gasteiger charge is 2.48. The van der Waals surface area contributed by atoms with Gasteiger partial charge in [0.25, 0.3) is 0 Å². The van der Waals surface area contributed by atoms with Crippen LogP contribution in [0.2, 0.25) is 0 Å². The van der Waals surface area contributed by atoms with E-state index in [4.69, 9.17) is 0 Å². The van der Waals surface area contributed by atoms with E-state index in [2.05, 4.69) is 39.7 Å².